The molecule has 0 radical (unpaired) electrons. The molecule has 1 N–H and O–H groups in total. The topological polar surface area (TPSA) is 21.3 Å². The minimum absolute atomic E-state index is 0.140. The van der Waals surface area contributed by atoms with Gasteiger partial charge in [-0.2, -0.15) is 0 Å². The van der Waals surface area contributed by atoms with E-state index in [0.717, 1.165) is 0 Å². The Morgan fingerprint density at radius 3 is 2.69 bits per heavy atom. The van der Waals surface area contributed by atoms with Crippen molar-refractivity contribution in [3.8, 4) is 0 Å². The Labute approximate surface area is 101 Å². The maximum Gasteiger partial charge on any atom is 0.129 e. The molecule has 2 unspecified atom stereocenters. The first kappa shape index (κ1) is 13.4. The summed E-state index contributed by atoms with van der Waals surface area (Å²) in [5.41, 5.74) is 0.507. The number of halogens is 2. The molecular weight excluding hydrogens is 229 g/mol. The zero-order valence-electron chi connectivity index (χ0n) is 9.76. The van der Waals surface area contributed by atoms with Gasteiger partial charge in [-0.15, -0.1) is 0 Å². The van der Waals surface area contributed by atoms with Crippen LogP contribution in [0.3, 0.4) is 0 Å². The molecule has 1 aromatic rings. The van der Waals surface area contributed by atoms with Crippen LogP contribution in [0.5, 0.6) is 0 Å². The number of methoxy groups -OCH3 is 1. The Hall–Kier alpha value is -0.640. The first-order valence-electron chi connectivity index (χ1n) is 5.25. The Morgan fingerprint density at radius 2 is 2.12 bits per heavy atom. The summed E-state index contributed by atoms with van der Waals surface area (Å²) in [5, 5.41) is 3.68. The van der Waals surface area contributed by atoms with Gasteiger partial charge in [0.25, 0.3) is 0 Å². The van der Waals surface area contributed by atoms with Crippen molar-refractivity contribution in [2.24, 2.45) is 0 Å². The minimum Gasteiger partial charge on any atom is -0.383 e. The van der Waals surface area contributed by atoms with Gasteiger partial charge in [-0.3, -0.25) is 0 Å². The minimum atomic E-state index is -0.280. The molecule has 2 atom stereocenters. The summed E-state index contributed by atoms with van der Waals surface area (Å²) in [4.78, 5) is 0. The van der Waals surface area contributed by atoms with E-state index in [-0.39, 0.29) is 17.9 Å². The van der Waals surface area contributed by atoms with E-state index in [1.807, 2.05) is 13.8 Å². The highest BCUT2D eigenvalue weighted by Crippen LogP contribution is 2.25. The predicted octanol–water partition coefficient (Wildman–Crippen LogP) is 3.16. The lowest BCUT2D eigenvalue weighted by molar-refractivity contribution is 0.167. The second-order valence-corrected chi connectivity index (χ2v) is 4.29. The quantitative estimate of drug-likeness (QED) is 0.861. The SMILES string of the molecule is COCC(C)NC(C)c1c(F)cccc1Cl. The van der Waals surface area contributed by atoms with Crippen molar-refractivity contribution in [1.29, 1.82) is 0 Å². The van der Waals surface area contributed by atoms with Gasteiger partial charge in [-0.1, -0.05) is 17.7 Å². The van der Waals surface area contributed by atoms with Crippen molar-refractivity contribution in [1.82, 2.24) is 5.32 Å². The molecule has 0 saturated heterocycles. The molecule has 0 aliphatic heterocycles. The Kier molecular flexibility index (Phi) is 5.19. The first-order chi connectivity index (χ1) is 7.56. The molecule has 0 spiro atoms. The average molecular weight is 246 g/mol. The smallest absolute Gasteiger partial charge is 0.129 e. The average Bonchev–Trinajstić information content (AvgIpc) is 2.17. The highest BCUT2D eigenvalue weighted by Gasteiger charge is 2.16. The van der Waals surface area contributed by atoms with Crippen molar-refractivity contribution in [3.63, 3.8) is 0 Å². The molecule has 2 nitrogen and oxygen atoms in total. The monoisotopic (exact) mass is 245 g/mol. The first-order valence-corrected chi connectivity index (χ1v) is 5.63. The molecule has 0 heterocycles. The molecule has 16 heavy (non-hydrogen) atoms. The van der Waals surface area contributed by atoms with Crippen LogP contribution in [0.4, 0.5) is 4.39 Å². The summed E-state index contributed by atoms with van der Waals surface area (Å²) in [6.07, 6.45) is 0. The van der Waals surface area contributed by atoms with Crippen LogP contribution in [0.15, 0.2) is 18.2 Å². The molecular formula is C12H17ClFNO. The Balaban J connectivity index is 2.76. The number of hydrogen-bond donors (Lipinski definition) is 1. The molecule has 0 aliphatic rings. The van der Waals surface area contributed by atoms with Crippen molar-refractivity contribution in [2.75, 3.05) is 13.7 Å². The largest absolute Gasteiger partial charge is 0.383 e. The lowest BCUT2D eigenvalue weighted by Gasteiger charge is -2.21. The molecule has 0 fully saturated rings. The van der Waals surface area contributed by atoms with Gasteiger partial charge in [0.15, 0.2) is 0 Å². The number of ether oxygens (including phenoxy) is 1. The van der Waals surface area contributed by atoms with Crippen LogP contribution in [0.1, 0.15) is 25.5 Å². The summed E-state index contributed by atoms with van der Waals surface area (Å²) in [6, 6.07) is 4.72. The third-order valence-electron chi connectivity index (χ3n) is 2.38. The second-order valence-electron chi connectivity index (χ2n) is 3.88. The summed E-state index contributed by atoms with van der Waals surface area (Å²) < 4.78 is 18.6. The highest BCUT2D eigenvalue weighted by atomic mass is 35.5. The van der Waals surface area contributed by atoms with Crippen LogP contribution in [-0.2, 0) is 4.74 Å². The van der Waals surface area contributed by atoms with Gasteiger partial charge in [0.05, 0.1) is 6.61 Å². The Morgan fingerprint density at radius 1 is 1.44 bits per heavy atom. The molecule has 1 rings (SSSR count). The maximum absolute atomic E-state index is 13.6. The van der Waals surface area contributed by atoms with Gasteiger partial charge < -0.3 is 10.1 Å². The van der Waals surface area contributed by atoms with Crippen LogP contribution in [0.25, 0.3) is 0 Å². The van der Waals surface area contributed by atoms with E-state index >= 15 is 0 Å². The summed E-state index contributed by atoms with van der Waals surface area (Å²) >= 11 is 5.97. The third kappa shape index (κ3) is 3.44. The molecule has 4 heteroatoms. The number of rotatable bonds is 5. The van der Waals surface area contributed by atoms with Crippen LogP contribution in [0, 0.1) is 5.82 Å². The number of hydrogen-bond acceptors (Lipinski definition) is 2. The van der Waals surface area contributed by atoms with E-state index in [1.165, 1.54) is 6.07 Å². The van der Waals surface area contributed by atoms with Crippen molar-refractivity contribution < 1.29 is 9.13 Å². The fourth-order valence-electron chi connectivity index (χ4n) is 1.73. The normalized spacial score (nSPS) is 14.8. The van der Waals surface area contributed by atoms with Gasteiger partial charge >= 0.3 is 0 Å². The molecule has 0 aromatic heterocycles. The fourth-order valence-corrected chi connectivity index (χ4v) is 2.06. The van der Waals surface area contributed by atoms with E-state index in [4.69, 9.17) is 16.3 Å². The zero-order chi connectivity index (χ0) is 12.1. The summed E-state index contributed by atoms with van der Waals surface area (Å²) in [5.74, 6) is -0.280. The van der Waals surface area contributed by atoms with Gasteiger partial charge in [0.2, 0.25) is 0 Å². The molecule has 0 aliphatic carbocycles. The van der Waals surface area contributed by atoms with Crippen LogP contribution in [0.2, 0.25) is 5.02 Å². The third-order valence-corrected chi connectivity index (χ3v) is 2.71. The van der Waals surface area contributed by atoms with Crippen molar-refractivity contribution in [2.45, 2.75) is 25.9 Å². The second kappa shape index (κ2) is 6.18. The predicted molar refractivity (Wildman–Crippen MR) is 64.3 cm³/mol. The summed E-state index contributed by atoms with van der Waals surface area (Å²) in [7, 11) is 1.64. The van der Waals surface area contributed by atoms with Crippen LogP contribution in [-0.4, -0.2) is 19.8 Å². The molecule has 0 bridgehead atoms. The summed E-state index contributed by atoms with van der Waals surface area (Å²) in [6.45, 7) is 4.45. The molecule has 90 valence electrons. The van der Waals surface area contributed by atoms with E-state index in [0.29, 0.717) is 17.2 Å². The molecule has 0 amide bonds. The highest BCUT2D eigenvalue weighted by molar-refractivity contribution is 6.31. The van der Waals surface area contributed by atoms with E-state index in [1.54, 1.807) is 19.2 Å². The number of nitrogens with one attached hydrogen (secondary N) is 1. The number of benzene rings is 1. The van der Waals surface area contributed by atoms with Gasteiger partial charge in [0, 0.05) is 29.8 Å². The zero-order valence-corrected chi connectivity index (χ0v) is 10.5. The van der Waals surface area contributed by atoms with E-state index in [2.05, 4.69) is 5.32 Å². The van der Waals surface area contributed by atoms with Gasteiger partial charge in [-0.25, -0.2) is 4.39 Å². The van der Waals surface area contributed by atoms with E-state index < -0.39 is 0 Å². The van der Waals surface area contributed by atoms with Crippen molar-refractivity contribution >= 4 is 11.6 Å². The molecule has 1 aromatic carbocycles. The van der Waals surface area contributed by atoms with Crippen LogP contribution < -0.4 is 5.32 Å². The maximum atomic E-state index is 13.6. The van der Waals surface area contributed by atoms with Gasteiger partial charge in [-0.05, 0) is 26.0 Å². The van der Waals surface area contributed by atoms with Crippen molar-refractivity contribution in [3.05, 3.63) is 34.6 Å². The lowest BCUT2D eigenvalue weighted by Crippen LogP contribution is -2.33. The molecule has 0 saturated carbocycles. The lowest BCUT2D eigenvalue weighted by atomic mass is 10.1. The Bertz CT molecular complexity index is 326. The van der Waals surface area contributed by atoms with Gasteiger partial charge in [0.1, 0.15) is 5.82 Å². The van der Waals surface area contributed by atoms with Crippen LogP contribution >= 0.6 is 11.6 Å². The fraction of sp³-hybridized carbons (Fsp3) is 0.500. The standard InChI is InChI=1S/C12H17ClFNO/c1-8(7-16-3)15-9(2)12-10(13)5-4-6-11(12)14/h4-6,8-9,15H,7H2,1-3H3. The van der Waals surface area contributed by atoms with E-state index in [9.17, 15) is 4.39 Å².